The summed E-state index contributed by atoms with van der Waals surface area (Å²) in [4.78, 5) is 18.4. The smallest absolute Gasteiger partial charge is 0.254 e. The zero-order valence-corrected chi connectivity index (χ0v) is 22.1. The van der Waals surface area contributed by atoms with Gasteiger partial charge in [-0.2, -0.15) is 0 Å². The molecule has 2 unspecified atom stereocenters. The number of amides is 1. The van der Waals surface area contributed by atoms with Gasteiger partial charge in [-0.1, -0.05) is 79.0 Å². The summed E-state index contributed by atoms with van der Waals surface area (Å²) in [5, 5.41) is 20.7. The maximum Gasteiger partial charge on any atom is 0.254 e. The SMILES string of the molecule is C[C@]12C=C(C(=O)NC3CCCCC3)C(=NCCOc3ccccc3)NC1CC(c1ccccc1)C/C2=N\O. The van der Waals surface area contributed by atoms with Crippen molar-refractivity contribution in [3.05, 3.63) is 77.9 Å². The Morgan fingerprint density at radius 3 is 2.50 bits per heavy atom. The second-order valence-corrected chi connectivity index (χ2v) is 10.8. The van der Waals surface area contributed by atoms with Crippen LogP contribution in [0, 0.1) is 5.41 Å². The van der Waals surface area contributed by atoms with Crippen molar-refractivity contribution in [1.82, 2.24) is 10.6 Å². The Kier molecular flexibility index (Phi) is 8.11. The van der Waals surface area contributed by atoms with Crippen LogP contribution < -0.4 is 15.4 Å². The van der Waals surface area contributed by atoms with E-state index < -0.39 is 5.41 Å². The second kappa shape index (κ2) is 11.8. The summed E-state index contributed by atoms with van der Waals surface area (Å²) in [6.45, 7) is 2.88. The molecule has 5 rings (SSSR count). The maximum atomic E-state index is 13.6. The van der Waals surface area contributed by atoms with Crippen LogP contribution in [0.15, 0.2) is 82.5 Å². The molecule has 2 saturated carbocycles. The molecule has 7 heteroatoms. The molecule has 7 nitrogen and oxygen atoms in total. The van der Waals surface area contributed by atoms with E-state index in [0.29, 0.717) is 36.7 Å². The lowest BCUT2D eigenvalue weighted by Crippen LogP contribution is -2.58. The minimum atomic E-state index is -0.598. The fourth-order valence-electron chi connectivity index (χ4n) is 6.05. The molecule has 2 aromatic carbocycles. The van der Waals surface area contributed by atoms with Crippen molar-refractivity contribution < 1.29 is 14.7 Å². The van der Waals surface area contributed by atoms with E-state index in [1.54, 1.807) is 0 Å². The van der Waals surface area contributed by atoms with Crippen LogP contribution in [0.4, 0.5) is 0 Å². The average Bonchev–Trinajstić information content (AvgIpc) is 2.96. The molecule has 200 valence electrons. The molecule has 1 aliphatic heterocycles. The standard InChI is InChI=1S/C31H38N4O3/c1-31-21-26(30(36)33-24-13-7-3-8-14-24)29(32-17-18-38-25-15-9-4-10-16-25)34-27(31)19-23(20-28(31)35-37)22-11-5-2-6-12-22/h2,4-6,9-12,15-16,21,23-24,27,37H,3,7-8,13-14,17-20H2,1H3,(H,32,34)(H,33,36)/b35-28+/t23?,27?,31-/m0/s1. The highest BCUT2D eigenvalue weighted by Crippen LogP contribution is 2.44. The number of benzene rings is 2. The minimum absolute atomic E-state index is 0.0626. The molecular weight excluding hydrogens is 476 g/mol. The fourth-order valence-corrected chi connectivity index (χ4v) is 6.05. The van der Waals surface area contributed by atoms with Crippen molar-refractivity contribution in [2.75, 3.05) is 13.2 Å². The van der Waals surface area contributed by atoms with Crippen molar-refractivity contribution in [2.45, 2.75) is 69.9 Å². The molecule has 0 radical (unpaired) electrons. The number of amidine groups is 1. The number of carbonyl (C=O) groups is 1. The van der Waals surface area contributed by atoms with Gasteiger partial charge in [0.05, 0.1) is 17.8 Å². The predicted molar refractivity (Wildman–Crippen MR) is 150 cm³/mol. The minimum Gasteiger partial charge on any atom is -0.492 e. The number of para-hydroxylation sites is 1. The van der Waals surface area contributed by atoms with Gasteiger partial charge in [0, 0.05) is 17.5 Å². The Morgan fingerprint density at radius 1 is 1.08 bits per heavy atom. The van der Waals surface area contributed by atoms with Crippen LogP contribution in [-0.4, -0.2) is 47.9 Å². The van der Waals surface area contributed by atoms with Crippen LogP contribution in [0.5, 0.6) is 5.75 Å². The Bertz CT molecular complexity index is 1190. The molecule has 3 atom stereocenters. The van der Waals surface area contributed by atoms with Gasteiger partial charge >= 0.3 is 0 Å². The van der Waals surface area contributed by atoms with E-state index in [1.807, 2.05) is 54.6 Å². The zero-order chi connectivity index (χ0) is 26.4. The van der Waals surface area contributed by atoms with Crippen molar-refractivity contribution >= 4 is 17.5 Å². The molecule has 0 saturated heterocycles. The van der Waals surface area contributed by atoms with Gasteiger partial charge in [0.2, 0.25) is 0 Å². The van der Waals surface area contributed by atoms with Crippen molar-refractivity contribution in [2.24, 2.45) is 15.6 Å². The van der Waals surface area contributed by atoms with Gasteiger partial charge in [-0.3, -0.25) is 9.79 Å². The average molecular weight is 515 g/mol. The lowest BCUT2D eigenvalue weighted by molar-refractivity contribution is -0.118. The summed E-state index contributed by atoms with van der Waals surface area (Å²) in [7, 11) is 0. The van der Waals surface area contributed by atoms with Crippen LogP contribution in [-0.2, 0) is 4.79 Å². The van der Waals surface area contributed by atoms with Gasteiger partial charge in [0.25, 0.3) is 5.91 Å². The van der Waals surface area contributed by atoms with Gasteiger partial charge in [-0.15, -0.1) is 0 Å². The summed E-state index contributed by atoms with van der Waals surface area (Å²) in [6.07, 6.45) is 8.98. The van der Waals surface area contributed by atoms with Crippen LogP contribution in [0.2, 0.25) is 0 Å². The monoisotopic (exact) mass is 514 g/mol. The second-order valence-electron chi connectivity index (χ2n) is 10.8. The maximum absolute atomic E-state index is 13.6. The van der Waals surface area contributed by atoms with Crippen LogP contribution >= 0.6 is 0 Å². The molecule has 0 spiro atoms. The normalized spacial score (nSPS) is 27.8. The first-order valence-corrected chi connectivity index (χ1v) is 13.9. The number of oxime groups is 1. The van der Waals surface area contributed by atoms with E-state index in [-0.39, 0.29) is 23.9 Å². The number of fused-ring (bicyclic) bond motifs is 1. The van der Waals surface area contributed by atoms with Gasteiger partial charge in [-0.25, -0.2) is 0 Å². The Balaban J connectivity index is 1.40. The van der Waals surface area contributed by atoms with E-state index in [4.69, 9.17) is 9.73 Å². The first-order chi connectivity index (χ1) is 18.6. The van der Waals surface area contributed by atoms with E-state index >= 15 is 0 Å². The molecule has 3 N–H and O–H groups in total. The molecule has 2 fully saturated rings. The van der Waals surface area contributed by atoms with E-state index in [1.165, 1.54) is 12.0 Å². The molecule has 2 aliphatic carbocycles. The highest BCUT2D eigenvalue weighted by molar-refractivity contribution is 6.22. The molecule has 38 heavy (non-hydrogen) atoms. The lowest BCUT2D eigenvalue weighted by atomic mass is 9.63. The quantitative estimate of drug-likeness (QED) is 0.268. The van der Waals surface area contributed by atoms with Gasteiger partial charge < -0.3 is 20.6 Å². The zero-order valence-electron chi connectivity index (χ0n) is 22.1. The summed E-state index contributed by atoms with van der Waals surface area (Å²) < 4.78 is 5.84. The summed E-state index contributed by atoms with van der Waals surface area (Å²) >= 11 is 0. The molecule has 0 aromatic heterocycles. The summed E-state index contributed by atoms with van der Waals surface area (Å²) in [6, 6.07) is 20.1. The third kappa shape index (κ3) is 5.77. The van der Waals surface area contributed by atoms with Crippen LogP contribution in [0.1, 0.15) is 63.4 Å². The Labute approximate surface area is 225 Å². The Morgan fingerprint density at radius 2 is 1.79 bits per heavy atom. The molecule has 1 heterocycles. The highest BCUT2D eigenvalue weighted by atomic mass is 16.5. The third-order valence-electron chi connectivity index (χ3n) is 8.27. The van der Waals surface area contributed by atoms with Crippen LogP contribution in [0.3, 0.4) is 0 Å². The summed E-state index contributed by atoms with van der Waals surface area (Å²) in [5.74, 6) is 1.48. The number of carbonyl (C=O) groups excluding carboxylic acids is 1. The number of hydrogen-bond acceptors (Lipinski definition) is 5. The van der Waals surface area contributed by atoms with E-state index in [2.05, 4.69) is 34.8 Å². The predicted octanol–water partition coefficient (Wildman–Crippen LogP) is 5.23. The van der Waals surface area contributed by atoms with E-state index in [9.17, 15) is 10.0 Å². The van der Waals surface area contributed by atoms with E-state index in [0.717, 1.165) is 37.9 Å². The fraction of sp³-hybridized carbons (Fsp3) is 0.452. The molecule has 0 bridgehead atoms. The number of nitrogens with zero attached hydrogens (tertiary/aromatic N) is 2. The van der Waals surface area contributed by atoms with Crippen molar-refractivity contribution in [3.8, 4) is 5.75 Å². The molecule has 3 aliphatic rings. The Hall–Kier alpha value is -3.61. The van der Waals surface area contributed by atoms with Crippen molar-refractivity contribution in [1.29, 1.82) is 0 Å². The largest absolute Gasteiger partial charge is 0.492 e. The highest BCUT2D eigenvalue weighted by Gasteiger charge is 2.48. The topological polar surface area (TPSA) is 95.3 Å². The third-order valence-corrected chi connectivity index (χ3v) is 8.27. The van der Waals surface area contributed by atoms with Gasteiger partial charge in [-0.05, 0) is 56.2 Å². The first kappa shape index (κ1) is 26.0. The number of aliphatic imine (C=N–C) groups is 1. The van der Waals surface area contributed by atoms with Crippen LogP contribution in [0.25, 0.3) is 0 Å². The lowest BCUT2D eigenvalue weighted by Gasteiger charge is -2.47. The molecule has 2 aromatic rings. The van der Waals surface area contributed by atoms with Crippen molar-refractivity contribution in [3.63, 3.8) is 0 Å². The molecular formula is C31H38N4O3. The number of rotatable bonds is 7. The molecule has 1 amide bonds. The van der Waals surface area contributed by atoms with Gasteiger partial charge in [0.15, 0.2) is 0 Å². The van der Waals surface area contributed by atoms with Gasteiger partial charge in [0.1, 0.15) is 18.2 Å². The summed E-state index contributed by atoms with van der Waals surface area (Å²) in [5.41, 5.74) is 1.83. The number of nitrogens with one attached hydrogen (secondary N) is 2. The first-order valence-electron chi connectivity index (χ1n) is 13.9. The number of ether oxygens (including phenoxy) is 1. The number of hydrogen-bond donors (Lipinski definition) is 3.